The summed E-state index contributed by atoms with van der Waals surface area (Å²) in [6, 6.07) is 8.15. The number of benzene rings is 1. The number of aryl methyl sites for hydroxylation is 2. The molecule has 1 amide bonds. The number of thioether (sulfide) groups is 1. The predicted octanol–water partition coefficient (Wildman–Crippen LogP) is 2.70. The van der Waals surface area contributed by atoms with Gasteiger partial charge in [0, 0.05) is 12.3 Å². The lowest BCUT2D eigenvalue weighted by Crippen LogP contribution is -2.24. The molecule has 2 rings (SSSR count). The van der Waals surface area contributed by atoms with Gasteiger partial charge in [0.05, 0.1) is 28.9 Å². The molecule has 0 aliphatic heterocycles. The van der Waals surface area contributed by atoms with Crippen molar-refractivity contribution in [3.05, 3.63) is 46.8 Å². The number of carbonyl (C=O) groups excluding carboxylic acids is 1. The smallest absolute Gasteiger partial charge is 0.230 e. The van der Waals surface area contributed by atoms with E-state index in [0.29, 0.717) is 12.3 Å². The standard InChI is InChI=1S/C14H17N3OS2/c1-10-4-3-5-12(6-10)7-15-14(18)9-19-8-13-11(2)16-20-17-13/h3-6H,7-9H2,1-2H3,(H,15,18). The maximum atomic E-state index is 11.7. The molecule has 0 aliphatic carbocycles. The maximum absolute atomic E-state index is 11.7. The molecule has 0 spiro atoms. The summed E-state index contributed by atoms with van der Waals surface area (Å²) >= 11 is 2.78. The molecule has 6 heteroatoms. The predicted molar refractivity (Wildman–Crippen MR) is 83.8 cm³/mol. The molecule has 1 aromatic carbocycles. The topological polar surface area (TPSA) is 54.9 Å². The summed E-state index contributed by atoms with van der Waals surface area (Å²) in [5.74, 6) is 1.24. The Morgan fingerprint density at radius 3 is 2.90 bits per heavy atom. The monoisotopic (exact) mass is 307 g/mol. The molecule has 0 radical (unpaired) electrons. The second kappa shape index (κ2) is 7.40. The highest BCUT2D eigenvalue weighted by molar-refractivity contribution is 7.99. The number of nitrogens with zero attached hydrogens (tertiary/aromatic N) is 2. The van der Waals surface area contributed by atoms with E-state index >= 15 is 0 Å². The van der Waals surface area contributed by atoms with Crippen molar-refractivity contribution in [2.24, 2.45) is 0 Å². The van der Waals surface area contributed by atoms with Crippen LogP contribution in [0.15, 0.2) is 24.3 Å². The quantitative estimate of drug-likeness (QED) is 0.891. The van der Waals surface area contributed by atoms with Crippen LogP contribution < -0.4 is 5.32 Å². The molecule has 1 N–H and O–H groups in total. The van der Waals surface area contributed by atoms with Gasteiger partial charge in [-0.15, -0.1) is 11.8 Å². The van der Waals surface area contributed by atoms with Gasteiger partial charge in [-0.25, -0.2) is 0 Å². The number of amides is 1. The Bertz CT molecular complexity index is 583. The number of rotatable bonds is 6. The summed E-state index contributed by atoms with van der Waals surface area (Å²) in [6.07, 6.45) is 0. The molecule has 0 bridgehead atoms. The molecule has 1 aromatic heterocycles. The zero-order valence-electron chi connectivity index (χ0n) is 11.5. The number of nitrogens with one attached hydrogen (secondary N) is 1. The van der Waals surface area contributed by atoms with Crippen LogP contribution in [0.25, 0.3) is 0 Å². The van der Waals surface area contributed by atoms with Gasteiger partial charge in [0.2, 0.25) is 5.91 Å². The Morgan fingerprint density at radius 1 is 1.35 bits per heavy atom. The van der Waals surface area contributed by atoms with Crippen molar-refractivity contribution in [3.8, 4) is 0 Å². The Hall–Kier alpha value is -1.40. The first kappa shape index (κ1) is 15.0. The normalized spacial score (nSPS) is 10.5. The lowest BCUT2D eigenvalue weighted by atomic mass is 10.1. The minimum Gasteiger partial charge on any atom is -0.351 e. The number of hydrogen-bond acceptors (Lipinski definition) is 5. The van der Waals surface area contributed by atoms with Crippen molar-refractivity contribution >= 4 is 29.4 Å². The first-order valence-electron chi connectivity index (χ1n) is 6.33. The average molecular weight is 307 g/mol. The number of aromatic nitrogens is 2. The van der Waals surface area contributed by atoms with E-state index in [1.165, 1.54) is 17.3 Å². The lowest BCUT2D eigenvalue weighted by molar-refractivity contribution is -0.118. The van der Waals surface area contributed by atoms with E-state index in [4.69, 9.17) is 0 Å². The van der Waals surface area contributed by atoms with Crippen LogP contribution in [0.3, 0.4) is 0 Å². The van der Waals surface area contributed by atoms with Crippen LogP contribution in [0, 0.1) is 13.8 Å². The largest absolute Gasteiger partial charge is 0.351 e. The Balaban J connectivity index is 1.69. The molecule has 106 valence electrons. The van der Waals surface area contributed by atoms with Crippen molar-refractivity contribution in [3.63, 3.8) is 0 Å². The maximum Gasteiger partial charge on any atom is 0.230 e. The van der Waals surface area contributed by atoms with Crippen LogP contribution in [0.4, 0.5) is 0 Å². The Kier molecular flexibility index (Phi) is 5.55. The highest BCUT2D eigenvalue weighted by Gasteiger charge is 2.06. The van der Waals surface area contributed by atoms with Crippen molar-refractivity contribution in [1.29, 1.82) is 0 Å². The zero-order valence-corrected chi connectivity index (χ0v) is 13.2. The second-order valence-corrected chi connectivity index (χ2v) is 6.07. The molecule has 0 unspecified atom stereocenters. The van der Waals surface area contributed by atoms with Gasteiger partial charge in [0.15, 0.2) is 0 Å². The first-order chi connectivity index (χ1) is 9.65. The third kappa shape index (κ3) is 4.61. The summed E-state index contributed by atoms with van der Waals surface area (Å²) in [5, 5.41) is 2.93. The van der Waals surface area contributed by atoms with E-state index in [-0.39, 0.29) is 5.91 Å². The van der Waals surface area contributed by atoms with Crippen molar-refractivity contribution < 1.29 is 4.79 Å². The molecule has 0 fully saturated rings. The minimum atomic E-state index is 0.0531. The van der Waals surface area contributed by atoms with Gasteiger partial charge in [-0.1, -0.05) is 29.8 Å². The molecule has 1 heterocycles. The van der Waals surface area contributed by atoms with Crippen LogP contribution in [0.5, 0.6) is 0 Å². The molecule has 0 saturated heterocycles. The summed E-state index contributed by atoms with van der Waals surface area (Å²) in [7, 11) is 0. The van der Waals surface area contributed by atoms with E-state index in [9.17, 15) is 4.79 Å². The van der Waals surface area contributed by atoms with Crippen LogP contribution in [0.1, 0.15) is 22.5 Å². The molecule has 4 nitrogen and oxygen atoms in total. The average Bonchev–Trinajstić information content (AvgIpc) is 2.82. The van der Waals surface area contributed by atoms with Gasteiger partial charge in [0.25, 0.3) is 0 Å². The summed E-state index contributed by atoms with van der Waals surface area (Å²) in [4.78, 5) is 11.7. The molecule has 2 aromatic rings. The molecule has 0 aliphatic rings. The van der Waals surface area contributed by atoms with E-state index < -0.39 is 0 Å². The van der Waals surface area contributed by atoms with Crippen LogP contribution >= 0.6 is 23.5 Å². The molecule has 0 atom stereocenters. The molecular weight excluding hydrogens is 290 g/mol. The summed E-state index contributed by atoms with van der Waals surface area (Å²) < 4.78 is 8.31. The summed E-state index contributed by atoms with van der Waals surface area (Å²) in [5.41, 5.74) is 4.27. The van der Waals surface area contributed by atoms with Gasteiger partial charge >= 0.3 is 0 Å². The van der Waals surface area contributed by atoms with Crippen molar-refractivity contribution in [1.82, 2.24) is 14.1 Å². The fraction of sp³-hybridized carbons (Fsp3) is 0.357. The summed E-state index contributed by atoms with van der Waals surface area (Å²) in [6.45, 7) is 4.57. The Labute approximate surface area is 127 Å². The third-order valence-electron chi connectivity index (χ3n) is 2.79. The number of carbonyl (C=O) groups is 1. The lowest BCUT2D eigenvalue weighted by Gasteiger charge is -2.05. The van der Waals surface area contributed by atoms with E-state index in [1.54, 1.807) is 11.8 Å². The fourth-order valence-corrected chi connectivity index (χ4v) is 3.20. The van der Waals surface area contributed by atoms with Gasteiger partial charge < -0.3 is 5.32 Å². The first-order valence-corrected chi connectivity index (χ1v) is 8.21. The van der Waals surface area contributed by atoms with Crippen LogP contribution in [0.2, 0.25) is 0 Å². The third-order valence-corrected chi connectivity index (χ3v) is 4.39. The van der Waals surface area contributed by atoms with E-state index in [0.717, 1.165) is 22.7 Å². The highest BCUT2D eigenvalue weighted by Crippen LogP contribution is 2.13. The van der Waals surface area contributed by atoms with Crippen molar-refractivity contribution in [2.45, 2.75) is 26.1 Å². The van der Waals surface area contributed by atoms with Crippen LogP contribution in [-0.2, 0) is 17.1 Å². The molecule has 20 heavy (non-hydrogen) atoms. The molecular formula is C14H17N3OS2. The fourth-order valence-electron chi connectivity index (χ4n) is 1.69. The minimum absolute atomic E-state index is 0.0531. The van der Waals surface area contributed by atoms with Gasteiger partial charge in [-0.05, 0) is 19.4 Å². The van der Waals surface area contributed by atoms with Gasteiger partial charge in [-0.3, -0.25) is 4.79 Å². The Morgan fingerprint density at radius 2 is 2.20 bits per heavy atom. The second-order valence-electron chi connectivity index (χ2n) is 4.55. The van der Waals surface area contributed by atoms with Gasteiger partial charge in [-0.2, -0.15) is 8.75 Å². The van der Waals surface area contributed by atoms with Gasteiger partial charge in [0.1, 0.15) is 0 Å². The highest BCUT2D eigenvalue weighted by atomic mass is 32.2. The van der Waals surface area contributed by atoms with Crippen molar-refractivity contribution in [2.75, 3.05) is 5.75 Å². The molecule has 0 saturated carbocycles. The van der Waals surface area contributed by atoms with E-state index in [2.05, 4.69) is 20.1 Å². The van der Waals surface area contributed by atoms with E-state index in [1.807, 2.05) is 32.0 Å². The number of hydrogen-bond donors (Lipinski definition) is 1. The zero-order chi connectivity index (χ0) is 14.4. The SMILES string of the molecule is Cc1cccc(CNC(=O)CSCc2nsnc2C)c1. The van der Waals surface area contributed by atoms with Crippen LogP contribution in [-0.4, -0.2) is 20.4 Å².